The van der Waals surface area contributed by atoms with Crippen molar-refractivity contribution in [1.82, 2.24) is 9.21 Å². The van der Waals surface area contributed by atoms with Gasteiger partial charge in [0.15, 0.2) is 0 Å². The maximum atomic E-state index is 13.5. The van der Waals surface area contributed by atoms with Gasteiger partial charge in [0.2, 0.25) is 15.9 Å². The number of methoxy groups -OCH3 is 1. The van der Waals surface area contributed by atoms with E-state index in [1.54, 1.807) is 19.1 Å². The Kier molecular flexibility index (Phi) is 10.2. The Morgan fingerprint density at radius 3 is 2.32 bits per heavy atom. The van der Waals surface area contributed by atoms with Crippen molar-refractivity contribution in [1.29, 1.82) is 0 Å². The van der Waals surface area contributed by atoms with Crippen molar-refractivity contribution >= 4 is 31.6 Å². The van der Waals surface area contributed by atoms with Gasteiger partial charge in [-0.3, -0.25) is 9.52 Å². The maximum Gasteiger partial charge on any atom is 0.261 e. The number of sulfonamides is 2. The summed E-state index contributed by atoms with van der Waals surface area (Å²) >= 11 is 0. The minimum atomic E-state index is -4.07. The number of hydrogen-bond acceptors (Lipinski definition) is 8. The second-order valence-electron chi connectivity index (χ2n) is 10.7. The molecule has 0 unspecified atom stereocenters. The molecule has 1 amide bonds. The summed E-state index contributed by atoms with van der Waals surface area (Å²) in [5, 5.41) is 9.88. The lowest BCUT2D eigenvalue weighted by Crippen LogP contribution is -2.48. The third kappa shape index (κ3) is 7.49. The van der Waals surface area contributed by atoms with Crippen LogP contribution < -0.4 is 14.2 Å². The molecular weight excluding hydrogens is 613 g/mol. The summed E-state index contributed by atoms with van der Waals surface area (Å²) in [7, 11) is -5.07. The highest BCUT2D eigenvalue weighted by Crippen LogP contribution is 2.31. The van der Waals surface area contributed by atoms with Gasteiger partial charge in [0.1, 0.15) is 23.4 Å². The van der Waals surface area contributed by atoms with Crippen molar-refractivity contribution in [2.45, 2.75) is 42.2 Å². The van der Waals surface area contributed by atoms with Crippen LogP contribution in [-0.4, -0.2) is 83.1 Å². The largest absolute Gasteiger partial charge is 0.497 e. The van der Waals surface area contributed by atoms with E-state index in [4.69, 9.17) is 9.47 Å². The van der Waals surface area contributed by atoms with E-state index >= 15 is 0 Å². The molecule has 14 heteroatoms. The van der Waals surface area contributed by atoms with Crippen molar-refractivity contribution < 1.29 is 40.6 Å². The second kappa shape index (κ2) is 13.5. The molecule has 0 aromatic heterocycles. The van der Waals surface area contributed by atoms with E-state index in [1.165, 1.54) is 53.7 Å². The zero-order valence-corrected chi connectivity index (χ0v) is 26.4. The molecule has 0 fully saturated rings. The summed E-state index contributed by atoms with van der Waals surface area (Å²) in [5.41, 5.74) is 0.512. The number of hydrogen-bond donors (Lipinski definition) is 2. The summed E-state index contributed by atoms with van der Waals surface area (Å²) in [4.78, 5) is 14.9. The molecule has 0 saturated heterocycles. The van der Waals surface area contributed by atoms with Crippen molar-refractivity contribution in [2.24, 2.45) is 5.92 Å². The van der Waals surface area contributed by atoms with Crippen LogP contribution in [0.3, 0.4) is 0 Å². The average Bonchev–Trinajstić information content (AvgIpc) is 3.04. The number of benzene rings is 3. The predicted octanol–water partition coefficient (Wildman–Crippen LogP) is 3.10. The van der Waals surface area contributed by atoms with Gasteiger partial charge in [-0.1, -0.05) is 6.92 Å². The van der Waals surface area contributed by atoms with E-state index in [0.29, 0.717) is 11.3 Å². The minimum Gasteiger partial charge on any atom is -0.497 e. The first-order chi connectivity index (χ1) is 20.7. The number of nitrogens with one attached hydrogen (secondary N) is 1. The molecule has 0 radical (unpaired) electrons. The summed E-state index contributed by atoms with van der Waals surface area (Å²) in [6.45, 7) is 3.36. The lowest BCUT2D eigenvalue weighted by Gasteiger charge is -2.33. The van der Waals surface area contributed by atoms with Gasteiger partial charge in [0.05, 0.1) is 42.5 Å². The number of rotatable bonds is 10. The molecule has 3 atom stereocenters. The number of ether oxygens (including phenoxy) is 2. The van der Waals surface area contributed by atoms with Crippen molar-refractivity contribution in [3.05, 3.63) is 78.1 Å². The maximum absolute atomic E-state index is 13.5. The van der Waals surface area contributed by atoms with E-state index < -0.39 is 38.0 Å². The SMILES string of the molecule is COc1ccc(S(=O)(=O)N(C)C[C@@H]2Oc3ccc(NS(=O)(=O)c4ccc(F)cc4)cc3CC(=O)N([C@@H](C)CO)C[C@@H]2C)cc1. The number of halogens is 1. The minimum absolute atomic E-state index is 0.0660. The van der Waals surface area contributed by atoms with Crippen LogP contribution in [0.5, 0.6) is 11.5 Å². The number of carbonyl (C=O) groups excluding carboxylic acids is 1. The number of anilines is 1. The van der Waals surface area contributed by atoms with Crippen LogP contribution in [0.4, 0.5) is 10.1 Å². The molecule has 0 bridgehead atoms. The standard InChI is InChI=1S/C30H36FN3O8S2/c1-20-17-34(21(2)19-35)30(36)16-22-15-24(32-43(37,38)26-10-5-23(31)6-11-26)7-14-28(22)42-29(20)18-33(3)44(39,40)27-12-8-25(41-4)9-13-27/h5-15,20-21,29,32,35H,16-19H2,1-4H3/t20-,21-,29-/m0/s1. The molecule has 238 valence electrons. The van der Waals surface area contributed by atoms with E-state index in [1.807, 2.05) is 6.92 Å². The van der Waals surface area contributed by atoms with Crippen LogP contribution in [0.1, 0.15) is 19.4 Å². The topological polar surface area (TPSA) is 143 Å². The fraction of sp³-hybridized carbons (Fsp3) is 0.367. The van der Waals surface area contributed by atoms with E-state index in [-0.39, 0.29) is 59.2 Å². The summed E-state index contributed by atoms with van der Waals surface area (Å²) < 4.78 is 81.1. The monoisotopic (exact) mass is 649 g/mol. The molecule has 0 aliphatic carbocycles. The van der Waals surface area contributed by atoms with Crippen molar-refractivity contribution in [2.75, 3.05) is 38.6 Å². The first kappa shape index (κ1) is 33.2. The van der Waals surface area contributed by atoms with E-state index in [9.17, 15) is 31.1 Å². The highest BCUT2D eigenvalue weighted by atomic mass is 32.2. The first-order valence-corrected chi connectivity index (χ1v) is 16.8. The lowest BCUT2D eigenvalue weighted by molar-refractivity contribution is -0.134. The number of aliphatic hydroxyl groups is 1. The Morgan fingerprint density at radius 1 is 1.07 bits per heavy atom. The Balaban J connectivity index is 1.67. The fourth-order valence-corrected chi connectivity index (χ4v) is 7.05. The third-order valence-corrected chi connectivity index (χ3v) is 10.7. The molecule has 11 nitrogen and oxygen atoms in total. The van der Waals surface area contributed by atoms with Gasteiger partial charge in [-0.15, -0.1) is 0 Å². The van der Waals surface area contributed by atoms with Gasteiger partial charge in [-0.05, 0) is 73.7 Å². The van der Waals surface area contributed by atoms with E-state index in [2.05, 4.69) is 4.72 Å². The van der Waals surface area contributed by atoms with Crippen molar-refractivity contribution in [3.8, 4) is 11.5 Å². The third-order valence-electron chi connectivity index (χ3n) is 7.50. The van der Waals surface area contributed by atoms with Gasteiger partial charge in [0, 0.05) is 30.8 Å². The molecule has 0 saturated carbocycles. The summed E-state index contributed by atoms with van der Waals surface area (Å²) in [6, 6.07) is 14.3. The Hall–Kier alpha value is -3.72. The molecule has 1 aliphatic heterocycles. The zero-order valence-electron chi connectivity index (χ0n) is 24.8. The molecule has 4 rings (SSSR count). The van der Waals surface area contributed by atoms with Gasteiger partial charge >= 0.3 is 0 Å². The first-order valence-electron chi connectivity index (χ1n) is 13.8. The number of fused-ring (bicyclic) bond motifs is 1. The second-order valence-corrected chi connectivity index (χ2v) is 14.5. The highest BCUT2D eigenvalue weighted by Gasteiger charge is 2.33. The Morgan fingerprint density at radius 2 is 1.70 bits per heavy atom. The molecular formula is C30H36FN3O8S2. The molecule has 1 heterocycles. The van der Waals surface area contributed by atoms with Gasteiger partial charge in [-0.25, -0.2) is 21.2 Å². The molecule has 44 heavy (non-hydrogen) atoms. The smallest absolute Gasteiger partial charge is 0.261 e. The van der Waals surface area contributed by atoms with Crippen LogP contribution >= 0.6 is 0 Å². The summed E-state index contributed by atoms with van der Waals surface area (Å²) in [5.74, 6) is -0.470. The van der Waals surface area contributed by atoms with Gasteiger partial charge in [-0.2, -0.15) is 4.31 Å². The van der Waals surface area contributed by atoms with Crippen LogP contribution in [0.2, 0.25) is 0 Å². The summed E-state index contributed by atoms with van der Waals surface area (Å²) in [6.07, 6.45) is -0.890. The van der Waals surface area contributed by atoms with Crippen LogP contribution in [0.25, 0.3) is 0 Å². The highest BCUT2D eigenvalue weighted by molar-refractivity contribution is 7.92. The van der Waals surface area contributed by atoms with Crippen LogP contribution in [0, 0.1) is 11.7 Å². The zero-order chi connectivity index (χ0) is 32.2. The number of nitrogens with zero attached hydrogens (tertiary/aromatic N) is 2. The fourth-order valence-electron chi connectivity index (χ4n) is 4.82. The number of aliphatic hydroxyl groups excluding tert-OH is 1. The number of likely N-dealkylation sites (N-methyl/N-ethyl adjacent to an activating group) is 1. The average molecular weight is 650 g/mol. The molecule has 3 aromatic rings. The molecule has 3 aromatic carbocycles. The van der Waals surface area contributed by atoms with Crippen molar-refractivity contribution in [3.63, 3.8) is 0 Å². The van der Waals surface area contributed by atoms with E-state index in [0.717, 1.165) is 24.3 Å². The van der Waals surface area contributed by atoms with Gasteiger partial charge < -0.3 is 19.5 Å². The van der Waals surface area contributed by atoms with Crippen LogP contribution in [0.15, 0.2) is 76.5 Å². The molecule has 0 spiro atoms. The predicted molar refractivity (Wildman–Crippen MR) is 162 cm³/mol. The Bertz CT molecular complexity index is 1680. The number of carbonyl (C=O) groups is 1. The Labute approximate surface area is 257 Å². The normalized spacial score (nSPS) is 18.4. The lowest BCUT2D eigenvalue weighted by atomic mass is 10.0. The quantitative estimate of drug-likeness (QED) is 0.341. The van der Waals surface area contributed by atoms with Gasteiger partial charge in [0.25, 0.3) is 10.0 Å². The molecule has 1 aliphatic rings. The number of amides is 1. The van der Waals surface area contributed by atoms with Crippen LogP contribution in [-0.2, 0) is 31.3 Å². The molecule has 2 N–H and O–H groups in total.